The molecule has 26 heavy (non-hydrogen) atoms. The lowest BCUT2D eigenvalue weighted by Gasteiger charge is -2.39. The van der Waals surface area contributed by atoms with Gasteiger partial charge in [-0.2, -0.15) is 0 Å². The van der Waals surface area contributed by atoms with Crippen molar-refractivity contribution < 1.29 is 9.59 Å². The molecule has 8 nitrogen and oxygen atoms in total. The largest absolute Gasteiger partial charge is 0.342 e. The van der Waals surface area contributed by atoms with E-state index in [1.165, 1.54) is 13.2 Å². The van der Waals surface area contributed by atoms with Gasteiger partial charge in [-0.15, -0.1) is 0 Å². The first-order valence-corrected chi connectivity index (χ1v) is 9.23. The van der Waals surface area contributed by atoms with Crippen LogP contribution in [0.3, 0.4) is 0 Å². The summed E-state index contributed by atoms with van der Waals surface area (Å²) in [6.07, 6.45) is 4.64. The minimum absolute atomic E-state index is 0.0631. The highest BCUT2D eigenvalue weighted by Gasteiger charge is 2.49. The monoisotopic (exact) mass is 362 g/mol. The Morgan fingerprint density at radius 3 is 2.73 bits per heavy atom. The zero-order chi connectivity index (χ0) is 18.9. The zero-order valence-corrected chi connectivity index (χ0v) is 15.4. The lowest BCUT2D eigenvalue weighted by molar-refractivity contribution is -0.146. The summed E-state index contributed by atoms with van der Waals surface area (Å²) in [6.45, 7) is 4.59. The van der Waals surface area contributed by atoms with Crippen molar-refractivity contribution in [3.63, 3.8) is 0 Å². The second-order valence-electron chi connectivity index (χ2n) is 7.40. The summed E-state index contributed by atoms with van der Waals surface area (Å²) >= 11 is 0. The van der Waals surface area contributed by atoms with Crippen LogP contribution in [0.1, 0.15) is 38.2 Å². The number of rotatable bonds is 4. The van der Waals surface area contributed by atoms with E-state index in [9.17, 15) is 19.2 Å². The molecule has 0 radical (unpaired) electrons. The minimum Gasteiger partial charge on any atom is -0.342 e. The van der Waals surface area contributed by atoms with Crippen LogP contribution in [0.5, 0.6) is 0 Å². The van der Waals surface area contributed by atoms with E-state index in [1.807, 2.05) is 4.90 Å². The molecule has 3 heterocycles. The fraction of sp³-hybridized carbons (Fsp3) is 0.667. The summed E-state index contributed by atoms with van der Waals surface area (Å²) in [7, 11) is 1.38. The maximum atomic E-state index is 12.9. The SMILES string of the molecule is CCCN1CCCC2(CCN(C(=O)Cc3c[nH]c(=O)n(C)c3=O)C2)C1=O. The molecule has 0 aliphatic carbocycles. The van der Waals surface area contributed by atoms with Crippen molar-refractivity contribution in [3.05, 3.63) is 32.6 Å². The van der Waals surface area contributed by atoms with E-state index in [-0.39, 0.29) is 23.8 Å². The molecule has 0 aromatic carbocycles. The van der Waals surface area contributed by atoms with Gasteiger partial charge in [0.25, 0.3) is 5.56 Å². The highest BCUT2D eigenvalue weighted by Crippen LogP contribution is 2.40. The van der Waals surface area contributed by atoms with Crippen molar-refractivity contribution >= 4 is 11.8 Å². The summed E-state index contributed by atoms with van der Waals surface area (Å²) in [5.74, 6) is -0.00714. The van der Waals surface area contributed by atoms with E-state index < -0.39 is 16.7 Å². The number of carbonyl (C=O) groups is 2. The van der Waals surface area contributed by atoms with Gasteiger partial charge in [-0.3, -0.25) is 19.0 Å². The van der Waals surface area contributed by atoms with Gasteiger partial charge in [-0.1, -0.05) is 6.92 Å². The second kappa shape index (κ2) is 7.09. The molecule has 1 N–H and O–H groups in total. The average molecular weight is 362 g/mol. The predicted molar refractivity (Wildman–Crippen MR) is 95.7 cm³/mol. The summed E-state index contributed by atoms with van der Waals surface area (Å²) in [5.41, 5.74) is -1.16. The van der Waals surface area contributed by atoms with Gasteiger partial charge < -0.3 is 14.8 Å². The van der Waals surface area contributed by atoms with E-state index in [2.05, 4.69) is 11.9 Å². The maximum Gasteiger partial charge on any atom is 0.328 e. The Labute approximate surface area is 151 Å². The quantitative estimate of drug-likeness (QED) is 0.807. The number of hydrogen-bond donors (Lipinski definition) is 1. The number of likely N-dealkylation sites (tertiary alicyclic amines) is 2. The molecule has 1 spiro atoms. The highest BCUT2D eigenvalue weighted by molar-refractivity contribution is 5.86. The van der Waals surface area contributed by atoms with Gasteiger partial charge in [0.1, 0.15) is 0 Å². The fourth-order valence-electron chi connectivity index (χ4n) is 4.12. The van der Waals surface area contributed by atoms with Gasteiger partial charge in [0.2, 0.25) is 11.8 Å². The molecular weight excluding hydrogens is 336 g/mol. The Kier molecular flexibility index (Phi) is 5.02. The van der Waals surface area contributed by atoms with Crippen LogP contribution in [0.2, 0.25) is 0 Å². The van der Waals surface area contributed by atoms with Gasteiger partial charge in [0, 0.05) is 45.0 Å². The summed E-state index contributed by atoms with van der Waals surface area (Å²) < 4.78 is 0.960. The summed E-state index contributed by atoms with van der Waals surface area (Å²) in [6, 6.07) is 0. The standard InChI is InChI=1S/C18H26N4O4/c1-3-7-21-8-4-5-18(16(21)25)6-9-22(12-18)14(23)10-13-11-19-17(26)20(2)15(13)24/h11H,3-10,12H2,1-2H3,(H,19,26). The molecule has 1 unspecified atom stereocenters. The van der Waals surface area contributed by atoms with Crippen molar-refractivity contribution in [3.8, 4) is 0 Å². The molecular formula is C18H26N4O4. The number of amides is 2. The molecule has 1 atom stereocenters. The van der Waals surface area contributed by atoms with E-state index in [0.717, 1.165) is 36.9 Å². The van der Waals surface area contributed by atoms with Crippen molar-refractivity contribution in [2.45, 2.75) is 39.0 Å². The van der Waals surface area contributed by atoms with E-state index in [0.29, 0.717) is 19.5 Å². The Balaban J connectivity index is 1.71. The normalized spacial score (nSPS) is 23.1. The minimum atomic E-state index is -0.504. The molecule has 0 bridgehead atoms. The van der Waals surface area contributed by atoms with Crippen LogP contribution in [0.15, 0.2) is 15.8 Å². The van der Waals surface area contributed by atoms with Gasteiger partial charge in [-0.25, -0.2) is 4.79 Å². The van der Waals surface area contributed by atoms with Crippen molar-refractivity contribution in [1.82, 2.24) is 19.4 Å². The number of nitrogens with one attached hydrogen (secondary N) is 1. The van der Waals surface area contributed by atoms with E-state index in [4.69, 9.17) is 0 Å². The van der Waals surface area contributed by atoms with Gasteiger partial charge in [0.05, 0.1) is 11.8 Å². The summed E-state index contributed by atoms with van der Waals surface area (Å²) in [5, 5.41) is 0. The Morgan fingerprint density at radius 2 is 2.00 bits per heavy atom. The fourth-order valence-corrected chi connectivity index (χ4v) is 4.12. The smallest absolute Gasteiger partial charge is 0.328 e. The van der Waals surface area contributed by atoms with E-state index in [1.54, 1.807) is 4.90 Å². The molecule has 2 saturated heterocycles. The maximum absolute atomic E-state index is 12.9. The Morgan fingerprint density at radius 1 is 1.23 bits per heavy atom. The second-order valence-corrected chi connectivity index (χ2v) is 7.40. The molecule has 2 amide bonds. The predicted octanol–water partition coefficient (Wildman–Crippen LogP) is -0.133. The molecule has 8 heteroatoms. The van der Waals surface area contributed by atoms with E-state index >= 15 is 0 Å². The topological polar surface area (TPSA) is 95.5 Å². The van der Waals surface area contributed by atoms with Gasteiger partial charge in [-0.05, 0) is 25.7 Å². The third-order valence-corrected chi connectivity index (χ3v) is 5.62. The van der Waals surface area contributed by atoms with Crippen LogP contribution < -0.4 is 11.2 Å². The van der Waals surface area contributed by atoms with Gasteiger partial charge in [0.15, 0.2) is 0 Å². The Hall–Kier alpha value is -2.38. The number of carbonyl (C=O) groups excluding carboxylic acids is 2. The number of hydrogen-bond acceptors (Lipinski definition) is 4. The number of aromatic amines is 1. The molecule has 2 aliphatic rings. The highest BCUT2D eigenvalue weighted by atomic mass is 16.2. The molecule has 142 valence electrons. The van der Waals surface area contributed by atoms with Crippen LogP contribution in [0, 0.1) is 5.41 Å². The number of piperidine rings is 1. The van der Waals surface area contributed by atoms with Crippen LogP contribution >= 0.6 is 0 Å². The first-order chi connectivity index (χ1) is 12.4. The van der Waals surface area contributed by atoms with Crippen LogP contribution in [-0.2, 0) is 23.1 Å². The molecule has 1 aromatic heterocycles. The van der Waals surface area contributed by atoms with Crippen molar-refractivity contribution in [2.75, 3.05) is 26.2 Å². The molecule has 1 aromatic rings. The van der Waals surface area contributed by atoms with Crippen LogP contribution in [0.4, 0.5) is 0 Å². The number of nitrogens with zero attached hydrogens (tertiary/aromatic N) is 3. The average Bonchev–Trinajstić information content (AvgIpc) is 3.05. The lowest BCUT2D eigenvalue weighted by atomic mass is 9.78. The molecule has 3 rings (SSSR count). The van der Waals surface area contributed by atoms with Crippen LogP contribution in [-0.4, -0.2) is 57.3 Å². The molecule has 2 aliphatic heterocycles. The third-order valence-electron chi connectivity index (χ3n) is 5.62. The first-order valence-electron chi connectivity index (χ1n) is 9.23. The summed E-state index contributed by atoms with van der Waals surface area (Å²) in [4.78, 5) is 55.2. The Bertz CT molecular complexity index is 825. The van der Waals surface area contributed by atoms with Crippen molar-refractivity contribution in [1.29, 1.82) is 0 Å². The van der Waals surface area contributed by atoms with Crippen molar-refractivity contribution in [2.24, 2.45) is 12.5 Å². The number of aromatic nitrogens is 2. The van der Waals surface area contributed by atoms with Crippen LogP contribution in [0.25, 0.3) is 0 Å². The lowest BCUT2D eigenvalue weighted by Crippen LogP contribution is -2.50. The molecule has 0 saturated carbocycles. The number of H-pyrrole nitrogens is 1. The first kappa shape index (κ1) is 18.4. The zero-order valence-electron chi connectivity index (χ0n) is 15.4. The van der Waals surface area contributed by atoms with Gasteiger partial charge >= 0.3 is 5.69 Å². The molecule has 2 fully saturated rings. The third kappa shape index (κ3) is 3.20.